The van der Waals surface area contributed by atoms with Crippen LogP contribution in [-0.2, 0) is 0 Å². The first-order valence-corrected chi connectivity index (χ1v) is 6.66. The highest BCUT2D eigenvalue weighted by molar-refractivity contribution is 6.16. The molecule has 108 valence electrons. The molecule has 3 aromatic rings. The number of carbonyl (C=O) groups excluding carboxylic acids is 1. The predicted molar refractivity (Wildman–Crippen MR) is 82.4 cm³/mol. The van der Waals surface area contributed by atoms with E-state index in [1.54, 1.807) is 18.2 Å². The molecule has 0 radical (unpaired) electrons. The van der Waals surface area contributed by atoms with E-state index in [9.17, 15) is 19.8 Å². The van der Waals surface area contributed by atoms with Gasteiger partial charge in [-0.1, -0.05) is 42.5 Å². The second-order valence-corrected chi connectivity index (χ2v) is 4.90. The topological polar surface area (TPSA) is 74.6 Å². The fourth-order valence-corrected chi connectivity index (χ4v) is 2.42. The SMILES string of the molecule is O=C(O)c1ccccc1C(=O)c1cc2ccccc2cc1O. The number of fused-ring (bicyclic) bond motifs is 1. The van der Waals surface area contributed by atoms with Gasteiger partial charge in [-0.25, -0.2) is 4.79 Å². The number of phenolic OH excluding ortho intramolecular Hbond substituents is 1. The van der Waals surface area contributed by atoms with Crippen LogP contribution in [0.1, 0.15) is 26.3 Å². The zero-order chi connectivity index (χ0) is 15.7. The molecule has 0 heterocycles. The summed E-state index contributed by atoms with van der Waals surface area (Å²) in [4.78, 5) is 23.9. The Bertz CT molecular complexity index is 896. The monoisotopic (exact) mass is 292 g/mol. The quantitative estimate of drug-likeness (QED) is 0.725. The van der Waals surface area contributed by atoms with Gasteiger partial charge in [0, 0.05) is 5.56 Å². The lowest BCUT2D eigenvalue weighted by atomic mass is 9.96. The molecule has 4 heteroatoms. The molecule has 4 nitrogen and oxygen atoms in total. The van der Waals surface area contributed by atoms with Crippen LogP contribution in [0.4, 0.5) is 0 Å². The molecule has 0 amide bonds. The normalized spacial score (nSPS) is 10.5. The van der Waals surface area contributed by atoms with Crippen molar-refractivity contribution in [2.24, 2.45) is 0 Å². The third-order valence-electron chi connectivity index (χ3n) is 3.51. The van der Waals surface area contributed by atoms with Crippen molar-refractivity contribution in [2.45, 2.75) is 0 Å². The van der Waals surface area contributed by atoms with E-state index in [-0.39, 0.29) is 22.4 Å². The Morgan fingerprint density at radius 1 is 0.727 bits per heavy atom. The van der Waals surface area contributed by atoms with Crippen LogP contribution in [0.15, 0.2) is 60.7 Å². The average Bonchev–Trinajstić information content (AvgIpc) is 2.53. The summed E-state index contributed by atoms with van der Waals surface area (Å²) in [5.74, 6) is -1.85. The molecule has 0 atom stereocenters. The summed E-state index contributed by atoms with van der Waals surface area (Å²) in [6, 6.07) is 16.4. The van der Waals surface area contributed by atoms with Crippen LogP contribution < -0.4 is 0 Å². The number of carboxylic acid groups (broad SMARTS) is 1. The molecule has 0 aliphatic carbocycles. The Morgan fingerprint density at radius 2 is 1.27 bits per heavy atom. The van der Waals surface area contributed by atoms with Gasteiger partial charge in [-0.3, -0.25) is 4.79 Å². The lowest BCUT2D eigenvalue weighted by Gasteiger charge is -2.08. The highest BCUT2D eigenvalue weighted by Crippen LogP contribution is 2.27. The number of hydrogen-bond donors (Lipinski definition) is 2. The van der Waals surface area contributed by atoms with Gasteiger partial charge >= 0.3 is 5.97 Å². The maximum absolute atomic E-state index is 12.6. The second kappa shape index (κ2) is 5.33. The lowest BCUT2D eigenvalue weighted by molar-refractivity contribution is 0.0692. The minimum absolute atomic E-state index is 0.0561. The van der Waals surface area contributed by atoms with Gasteiger partial charge in [0.15, 0.2) is 5.78 Å². The fraction of sp³-hybridized carbons (Fsp3) is 0. The van der Waals surface area contributed by atoms with Gasteiger partial charge in [0.25, 0.3) is 0 Å². The van der Waals surface area contributed by atoms with Crippen molar-refractivity contribution in [3.05, 3.63) is 77.4 Å². The average molecular weight is 292 g/mol. The molecule has 3 aromatic carbocycles. The van der Waals surface area contributed by atoms with Gasteiger partial charge in [0.05, 0.1) is 11.1 Å². The number of benzene rings is 3. The van der Waals surface area contributed by atoms with E-state index >= 15 is 0 Å². The summed E-state index contributed by atoms with van der Waals surface area (Å²) in [5, 5.41) is 20.9. The van der Waals surface area contributed by atoms with E-state index in [0.29, 0.717) is 0 Å². The Labute approximate surface area is 126 Å². The number of phenols is 1. The standard InChI is InChI=1S/C18H12O4/c19-16-10-12-6-2-1-5-11(12)9-15(16)17(20)13-7-3-4-8-14(13)18(21)22/h1-10,19H,(H,21,22). The maximum Gasteiger partial charge on any atom is 0.336 e. The van der Waals surface area contributed by atoms with Crippen LogP contribution in [-0.4, -0.2) is 22.0 Å². The van der Waals surface area contributed by atoms with Crippen LogP contribution in [0.3, 0.4) is 0 Å². The Kier molecular flexibility index (Phi) is 3.35. The zero-order valence-electron chi connectivity index (χ0n) is 11.5. The highest BCUT2D eigenvalue weighted by Gasteiger charge is 2.20. The third-order valence-corrected chi connectivity index (χ3v) is 3.51. The molecule has 3 rings (SSSR count). The second-order valence-electron chi connectivity index (χ2n) is 4.90. The van der Waals surface area contributed by atoms with Gasteiger partial charge in [0.1, 0.15) is 5.75 Å². The lowest BCUT2D eigenvalue weighted by Crippen LogP contribution is -2.09. The summed E-state index contributed by atoms with van der Waals surface area (Å²) in [6.07, 6.45) is 0. The molecule has 2 N–H and O–H groups in total. The van der Waals surface area contributed by atoms with Crippen LogP contribution in [0.2, 0.25) is 0 Å². The molecule has 0 saturated carbocycles. The summed E-state index contributed by atoms with van der Waals surface area (Å²) < 4.78 is 0. The van der Waals surface area contributed by atoms with Crippen molar-refractivity contribution >= 4 is 22.5 Å². The van der Waals surface area contributed by atoms with E-state index in [4.69, 9.17) is 0 Å². The molecule has 0 spiro atoms. The summed E-state index contributed by atoms with van der Waals surface area (Å²) >= 11 is 0. The summed E-state index contributed by atoms with van der Waals surface area (Å²) in [6.45, 7) is 0. The van der Waals surface area contributed by atoms with Gasteiger partial charge < -0.3 is 10.2 Å². The Morgan fingerprint density at radius 3 is 1.91 bits per heavy atom. The van der Waals surface area contributed by atoms with Gasteiger partial charge in [-0.15, -0.1) is 0 Å². The third kappa shape index (κ3) is 2.31. The van der Waals surface area contributed by atoms with E-state index in [1.165, 1.54) is 18.2 Å². The molecule has 0 bridgehead atoms. The first kappa shape index (κ1) is 13.8. The van der Waals surface area contributed by atoms with Crippen molar-refractivity contribution in [3.8, 4) is 5.75 Å². The minimum Gasteiger partial charge on any atom is -0.507 e. The van der Waals surface area contributed by atoms with Crippen LogP contribution in [0.25, 0.3) is 10.8 Å². The Balaban J connectivity index is 2.17. The highest BCUT2D eigenvalue weighted by atomic mass is 16.4. The number of aromatic hydroxyl groups is 1. The summed E-state index contributed by atoms with van der Waals surface area (Å²) in [7, 11) is 0. The minimum atomic E-state index is -1.18. The van der Waals surface area contributed by atoms with E-state index in [1.807, 2.05) is 24.3 Å². The van der Waals surface area contributed by atoms with Gasteiger partial charge in [-0.2, -0.15) is 0 Å². The number of aromatic carboxylic acids is 1. The van der Waals surface area contributed by atoms with Gasteiger partial charge in [0.2, 0.25) is 0 Å². The van der Waals surface area contributed by atoms with Crippen molar-refractivity contribution in [2.75, 3.05) is 0 Å². The first-order chi connectivity index (χ1) is 10.6. The molecule has 0 aliphatic heterocycles. The van der Waals surface area contributed by atoms with Crippen molar-refractivity contribution < 1.29 is 19.8 Å². The number of carboxylic acids is 1. The van der Waals surface area contributed by atoms with Crippen LogP contribution >= 0.6 is 0 Å². The Hall–Kier alpha value is -3.14. The number of carbonyl (C=O) groups is 2. The molecular formula is C18H12O4. The maximum atomic E-state index is 12.6. The summed E-state index contributed by atoms with van der Waals surface area (Å²) in [5.41, 5.74) is 0.0630. The smallest absolute Gasteiger partial charge is 0.336 e. The van der Waals surface area contributed by atoms with Crippen LogP contribution in [0.5, 0.6) is 5.75 Å². The fourth-order valence-electron chi connectivity index (χ4n) is 2.42. The van der Waals surface area contributed by atoms with E-state index in [0.717, 1.165) is 10.8 Å². The first-order valence-electron chi connectivity index (χ1n) is 6.66. The van der Waals surface area contributed by atoms with Crippen molar-refractivity contribution in [1.29, 1.82) is 0 Å². The molecular weight excluding hydrogens is 280 g/mol. The van der Waals surface area contributed by atoms with E-state index < -0.39 is 11.8 Å². The molecule has 0 aliphatic rings. The molecule has 0 unspecified atom stereocenters. The van der Waals surface area contributed by atoms with E-state index in [2.05, 4.69) is 0 Å². The molecule has 0 fully saturated rings. The number of hydrogen-bond acceptors (Lipinski definition) is 3. The molecule has 22 heavy (non-hydrogen) atoms. The number of rotatable bonds is 3. The van der Waals surface area contributed by atoms with Gasteiger partial charge in [-0.05, 0) is 29.0 Å². The zero-order valence-corrected chi connectivity index (χ0v) is 11.5. The predicted octanol–water partition coefficient (Wildman–Crippen LogP) is 3.47. The van der Waals surface area contributed by atoms with Crippen molar-refractivity contribution in [3.63, 3.8) is 0 Å². The molecule has 0 saturated heterocycles. The molecule has 0 aromatic heterocycles. The van der Waals surface area contributed by atoms with Crippen molar-refractivity contribution in [1.82, 2.24) is 0 Å². The van der Waals surface area contributed by atoms with Crippen LogP contribution in [0, 0.1) is 0 Å². The largest absolute Gasteiger partial charge is 0.507 e. The number of ketones is 1.